The summed E-state index contributed by atoms with van der Waals surface area (Å²) in [5.41, 5.74) is 4.32. The number of ether oxygens (including phenoxy) is 5. The van der Waals surface area contributed by atoms with Gasteiger partial charge in [0.1, 0.15) is 43.7 Å². The molecule has 0 radical (unpaired) electrons. The van der Waals surface area contributed by atoms with Crippen LogP contribution in [0.25, 0.3) is 20.5 Å². The molecule has 1 N–H and O–H groups in total. The minimum Gasteiger partial charge on any atom is -0.492 e. The summed E-state index contributed by atoms with van der Waals surface area (Å²) in [4.78, 5) is 27.8. The molecule has 0 aliphatic carbocycles. The lowest BCUT2D eigenvalue weighted by molar-refractivity contribution is -0.142. The van der Waals surface area contributed by atoms with Crippen LogP contribution in [0.4, 0.5) is 0 Å². The quantitative estimate of drug-likeness (QED) is 0.0575. The molecule has 0 unspecified atom stereocenters. The predicted molar refractivity (Wildman–Crippen MR) is 211 cm³/mol. The summed E-state index contributed by atoms with van der Waals surface area (Å²) >= 11 is 1.57. The van der Waals surface area contributed by atoms with Crippen LogP contribution in [-0.4, -0.2) is 74.9 Å². The van der Waals surface area contributed by atoms with Gasteiger partial charge in [-0.2, -0.15) is 0 Å². The predicted octanol–water partition coefficient (Wildman–Crippen LogP) is 8.39. The Bertz CT molecular complexity index is 2080. The van der Waals surface area contributed by atoms with Crippen LogP contribution in [0.15, 0.2) is 127 Å². The lowest BCUT2D eigenvalue weighted by Gasteiger charge is -2.17. The smallest absolute Gasteiger partial charge is 0.329 e. The summed E-state index contributed by atoms with van der Waals surface area (Å²) in [5.74, 6) is 1.10. The molecule has 0 bridgehead atoms. The van der Waals surface area contributed by atoms with Crippen LogP contribution < -0.4 is 14.2 Å². The number of ketones is 1. The number of hydrogen-bond donors (Lipinski definition) is 1. The fourth-order valence-electron chi connectivity index (χ4n) is 5.66. The Kier molecular flexibility index (Phi) is 13.8. The first kappa shape index (κ1) is 38.2. The van der Waals surface area contributed by atoms with E-state index in [2.05, 4.69) is 4.90 Å². The molecule has 6 rings (SSSR count). The van der Waals surface area contributed by atoms with Crippen LogP contribution >= 0.6 is 11.3 Å². The number of benzene rings is 5. The minimum absolute atomic E-state index is 0.0711. The molecule has 0 aliphatic heterocycles. The molecule has 10 heteroatoms. The van der Waals surface area contributed by atoms with Gasteiger partial charge in [-0.25, -0.2) is 4.79 Å². The number of carbonyl (C=O) groups excluding carboxylic acids is 1. The SMILES string of the molecule is CN(CCOCCOCC(=O)O)CCOc1ccc(C(=O)c2c(-c3ccc(OCc4ccccc4)cc3)sc3cc(OCc4ccccc4)ccc23)cc1. The van der Waals surface area contributed by atoms with Gasteiger partial charge in [0.15, 0.2) is 5.78 Å². The molecule has 9 nitrogen and oxygen atoms in total. The molecule has 0 atom stereocenters. The Morgan fingerprint density at radius 1 is 0.630 bits per heavy atom. The van der Waals surface area contributed by atoms with Crippen LogP contribution in [0.1, 0.15) is 27.0 Å². The molecular weight excluding hydrogens is 703 g/mol. The highest BCUT2D eigenvalue weighted by Crippen LogP contribution is 2.42. The number of carboxylic acid groups (broad SMARTS) is 1. The zero-order valence-corrected chi connectivity index (χ0v) is 31.0. The van der Waals surface area contributed by atoms with Gasteiger partial charge < -0.3 is 33.7 Å². The molecule has 0 saturated heterocycles. The van der Waals surface area contributed by atoms with Crippen molar-refractivity contribution in [3.8, 4) is 27.7 Å². The van der Waals surface area contributed by atoms with Gasteiger partial charge in [0.25, 0.3) is 0 Å². The average molecular weight is 746 g/mol. The van der Waals surface area contributed by atoms with Crippen molar-refractivity contribution in [2.45, 2.75) is 13.2 Å². The fraction of sp³-hybridized carbons (Fsp3) is 0.227. The van der Waals surface area contributed by atoms with E-state index in [4.69, 9.17) is 28.8 Å². The number of nitrogens with zero attached hydrogens (tertiary/aromatic N) is 1. The highest BCUT2D eigenvalue weighted by atomic mass is 32.1. The topological polar surface area (TPSA) is 104 Å². The van der Waals surface area contributed by atoms with Gasteiger partial charge in [0.05, 0.1) is 19.8 Å². The minimum atomic E-state index is -0.996. The third-order valence-electron chi connectivity index (χ3n) is 8.57. The van der Waals surface area contributed by atoms with Crippen LogP contribution in [-0.2, 0) is 27.5 Å². The zero-order chi connectivity index (χ0) is 37.5. The molecule has 278 valence electrons. The van der Waals surface area contributed by atoms with Gasteiger partial charge in [-0.15, -0.1) is 11.3 Å². The maximum atomic E-state index is 14.3. The van der Waals surface area contributed by atoms with Crippen molar-refractivity contribution in [2.24, 2.45) is 0 Å². The van der Waals surface area contributed by atoms with Gasteiger partial charge in [-0.05, 0) is 90.5 Å². The summed E-state index contributed by atoms with van der Waals surface area (Å²) in [5, 5.41) is 9.47. The van der Waals surface area contributed by atoms with Crippen molar-refractivity contribution in [2.75, 3.05) is 53.2 Å². The summed E-state index contributed by atoms with van der Waals surface area (Å²) in [6.45, 7) is 3.51. The number of thiophene rings is 1. The molecule has 54 heavy (non-hydrogen) atoms. The number of likely N-dealkylation sites (N-methyl/N-ethyl adjacent to an activating group) is 1. The molecular formula is C44H43NO8S. The van der Waals surface area contributed by atoms with E-state index in [9.17, 15) is 9.59 Å². The van der Waals surface area contributed by atoms with E-state index in [-0.39, 0.29) is 19.0 Å². The Morgan fingerprint density at radius 2 is 1.20 bits per heavy atom. The Morgan fingerprint density at radius 3 is 1.87 bits per heavy atom. The van der Waals surface area contributed by atoms with Crippen LogP contribution in [0.5, 0.6) is 17.2 Å². The molecule has 1 aromatic heterocycles. The molecule has 6 aromatic rings. The molecule has 0 fully saturated rings. The van der Waals surface area contributed by atoms with E-state index in [1.807, 2.05) is 134 Å². The highest BCUT2D eigenvalue weighted by Gasteiger charge is 2.22. The lowest BCUT2D eigenvalue weighted by atomic mass is 9.97. The molecule has 5 aromatic carbocycles. The maximum Gasteiger partial charge on any atom is 0.329 e. The van der Waals surface area contributed by atoms with Crippen molar-refractivity contribution < 1.29 is 38.4 Å². The van der Waals surface area contributed by atoms with Crippen molar-refractivity contribution >= 4 is 33.2 Å². The first-order chi connectivity index (χ1) is 26.4. The Labute approximate surface area is 319 Å². The highest BCUT2D eigenvalue weighted by molar-refractivity contribution is 7.22. The zero-order valence-electron chi connectivity index (χ0n) is 30.1. The number of carbonyl (C=O) groups is 2. The van der Waals surface area contributed by atoms with E-state index in [1.165, 1.54) is 0 Å². The molecule has 0 amide bonds. The van der Waals surface area contributed by atoms with E-state index in [0.717, 1.165) is 43.2 Å². The van der Waals surface area contributed by atoms with Gasteiger partial charge >= 0.3 is 5.97 Å². The van der Waals surface area contributed by atoms with Crippen molar-refractivity contribution in [3.05, 3.63) is 150 Å². The Balaban J connectivity index is 1.12. The third-order valence-corrected chi connectivity index (χ3v) is 9.78. The summed E-state index contributed by atoms with van der Waals surface area (Å²) in [6, 6.07) is 41.2. The van der Waals surface area contributed by atoms with Gasteiger partial charge in [0.2, 0.25) is 0 Å². The van der Waals surface area contributed by atoms with Gasteiger partial charge in [-0.1, -0.05) is 60.7 Å². The first-order valence-electron chi connectivity index (χ1n) is 17.8. The second-order valence-corrected chi connectivity index (χ2v) is 13.7. The molecule has 0 aliphatic rings. The number of carboxylic acids is 1. The van der Waals surface area contributed by atoms with Crippen LogP contribution in [0, 0.1) is 0 Å². The summed E-state index contributed by atoms with van der Waals surface area (Å²) in [6.07, 6.45) is 0. The van der Waals surface area contributed by atoms with Crippen LogP contribution in [0.2, 0.25) is 0 Å². The van der Waals surface area contributed by atoms with Crippen LogP contribution in [0.3, 0.4) is 0 Å². The average Bonchev–Trinajstić information content (AvgIpc) is 3.58. The van der Waals surface area contributed by atoms with Crippen molar-refractivity contribution in [1.29, 1.82) is 0 Å². The van der Waals surface area contributed by atoms with Gasteiger partial charge in [-0.3, -0.25) is 4.79 Å². The normalized spacial score (nSPS) is 11.1. The number of fused-ring (bicyclic) bond motifs is 1. The number of hydrogen-bond acceptors (Lipinski definition) is 9. The Hall–Kier alpha value is -5.52. The lowest BCUT2D eigenvalue weighted by Crippen LogP contribution is -2.28. The number of aliphatic carboxylic acids is 1. The maximum absolute atomic E-state index is 14.3. The first-order valence-corrected chi connectivity index (χ1v) is 18.6. The fourth-order valence-corrected chi connectivity index (χ4v) is 6.89. The monoisotopic (exact) mass is 745 g/mol. The second-order valence-electron chi connectivity index (χ2n) is 12.6. The summed E-state index contributed by atoms with van der Waals surface area (Å²) < 4.78 is 29.6. The second kappa shape index (κ2) is 19.5. The summed E-state index contributed by atoms with van der Waals surface area (Å²) in [7, 11) is 1.97. The van der Waals surface area contributed by atoms with E-state index >= 15 is 0 Å². The molecule has 0 spiro atoms. The largest absolute Gasteiger partial charge is 0.492 e. The standard InChI is InChI=1S/C44H43NO8S/c1-45(22-24-49-26-27-50-31-41(46)47)23-25-51-36-16-12-34(13-17-36)43(48)42-39-21-20-38(53-30-33-10-6-3-7-11-33)28-40(39)54-44(42)35-14-18-37(19-15-35)52-29-32-8-4-2-5-9-32/h2-21,28H,22-27,29-31H2,1H3,(H,46,47). The third kappa shape index (κ3) is 11.0. The number of rotatable bonds is 21. The van der Waals surface area contributed by atoms with E-state index in [1.54, 1.807) is 11.3 Å². The molecule has 0 saturated carbocycles. The van der Waals surface area contributed by atoms with E-state index < -0.39 is 5.97 Å². The molecule has 1 heterocycles. The van der Waals surface area contributed by atoms with Crippen molar-refractivity contribution in [1.82, 2.24) is 4.90 Å². The van der Waals surface area contributed by atoms with E-state index in [0.29, 0.717) is 63.0 Å². The van der Waals surface area contributed by atoms with Crippen molar-refractivity contribution in [3.63, 3.8) is 0 Å². The van der Waals surface area contributed by atoms with Gasteiger partial charge in [0, 0.05) is 39.2 Å².